The molecule has 5 nitrogen and oxygen atoms in total. The summed E-state index contributed by atoms with van der Waals surface area (Å²) < 4.78 is 5.25. The zero-order chi connectivity index (χ0) is 14.8. The van der Waals surface area contributed by atoms with Crippen molar-refractivity contribution in [1.82, 2.24) is 5.32 Å². The Balaban J connectivity index is 1.81. The van der Waals surface area contributed by atoms with Crippen molar-refractivity contribution in [2.24, 2.45) is 5.92 Å². The highest BCUT2D eigenvalue weighted by atomic mass is 16.5. The van der Waals surface area contributed by atoms with E-state index in [0.29, 0.717) is 19.4 Å². The molecule has 0 bridgehead atoms. The zero-order valence-electron chi connectivity index (χ0n) is 12.2. The summed E-state index contributed by atoms with van der Waals surface area (Å²) in [5.41, 5.74) is 2.15. The van der Waals surface area contributed by atoms with E-state index in [0.717, 1.165) is 36.4 Å². The molecule has 0 aromatic heterocycles. The van der Waals surface area contributed by atoms with E-state index < -0.39 is 0 Å². The Morgan fingerprint density at radius 1 is 1.38 bits per heavy atom. The van der Waals surface area contributed by atoms with E-state index in [9.17, 15) is 9.59 Å². The van der Waals surface area contributed by atoms with E-state index in [-0.39, 0.29) is 17.7 Å². The number of aryl methyl sites for hydroxylation is 1. The minimum absolute atomic E-state index is 0.0443. The van der Waals surface area contributed by atoms with Gasteiger partial charge < -0.3 is 15.0 Å². The molecule has 1 fully saturated rings. The number of rotatable bonds is 2. The topological polar surface area (TPSA) is 58.6 Å². The van der Waals surface area contributed by atoms with Gasteiger partial charge in [-0.25, -0.2) is 0 Å². The third kappa shape index (κ3) is 2.73. The van der Waals surface area contributed by atoms with Crippen LogP contribution >= 0.6 is 0 Å². The number of piperidine rings is 1. The largest absolute Gasteiger partial charge is 0.497 e. The van der Waals surface area contributed by atoms with Crippen LogP contribution in [0, 0.1) is 5.92 Å². The monoisotopic (exact) mass is 288 g/mol. The number of methoxy groups -OCH3 is 1. The molecule has 1 saturated heterocycles. The van der Waals surface area contributed by atoms with Crippen molar-refractivity contribution in [3.05, 3.63) is 23.8 Å². The fourth-order valence-electron chi connectivity index (χ4n) is 3.09. The summed E-state index contributed by atoms with van der Waals surface area (Å²) in [5.74, 6) is 0.896. The van der Waals surface area contributed by atoms with Crippen LogP contribution in [0.5, 0.6) is 5.75 Å². The Labute approximate surface area is 124 Å². The lowest BCUT2D eigenvalue weighted by Gasteiger charge is -2.33. The molecule has 112 valence electrons. The first kappa shape index (κ1) is 13.9. The maximum atomic E-state index is 12.7. The van der Waals surface area contributed by atoms with Gasteiger partial charge in [0.2, 0.25) is 11.8 Å². The first-order chi connectivity index (χ1) is 10.2. The molecule has 21 heavy (non-hydrogen) atoms. The van der Waals surface area contributed by atoms with Gasteiger partial charge in [-0.3, -0.25) is 9.59 Å². The zero-order valence-corrected chi connectivity index (χ0v) is 12.2. The highest BCUT2D eigenvalue weighted by molar-refractivity contribution is 5.97. The molecular weight excluding hydrogens is 268 g/mol. The molecule has 0 spiro atoms. The number of carbonyl (C=O) groups is 2. The summed E-state index contributed by atoms with van der Waals surface area (Å²) in [4.78, 5) is 25.8. The van der Waals surface area contributed by atoms with Crippen LogP contribution in [0.15, 0.2) is 18.2 Å². The van der Waals surface area contributed by atoms with Crippen LogP contribution in [0.1, 0.15) is 24.8 Å². The van der Waals surface area contributed by atoms with Crippen LogP contribution in [0.25, 0.3) is 0 Å². The third-order valence-corrected chi connectivity index (χ3v) is 4.29. The molecular formula is C16H20N2O3. The molecule has 1 aromatic carbocycles. The second-order valence-electron chi connectivity index (χ2n) is 5.63. The molecule has 3 rings (SSSR count). The van der Waals surface area contributed by atoms with Crippen LogP contribution in [-0.4, -0.2) is 32.0 Å². The van der Waals surface area contributed by atoms with Crippen LogP contribution in [0.4, 0.5) is 5.69 Å². The normalized spacial score (nSPS) is 21.5. The van der Waals surface area contributed by atoms with Crippen molar-refractivity contribution in [2.45, 2.75) is 25.7 Å². The number of nitrogens with zero attached hydrogens (tertiary/aromatic N) is 1. The predicted octanol–water partition coefficient (Wildman–Crippen LogP) is 1.50. The van der Waals surface area contributed by atoms with E-state index >= 15 is 0 Å². The number of hydrogen-bond donors (Lipinski definition) is 1. The van der Waals surface area contributed by atoms with Crippen molar-refractivity contribution >= 4 is 17.5 Å². The smallest absolute Gasteiger partial charge is 0.231 e. The van der Waals surface area contributed by atoms with Gasteiger partial charge in [0.15, 0.2) is 0 Å². The standard InChI is InChI=1S/C16H20N2O3/c1-21-13-5-6-14-11(9-13)3-2-8-18(14)16(20)12-4-7-15(19)17-10-12/h5-6,9,12H,2-4,7-8,10H2,1H3,(H,17,19)/t12-/m1/s1. The molecule has 0 saturated carbocycles. The Hall–Kier alpha value is -2.04. The number of fused-ring (bicyclic) bond motifs is 1. The lowest BCUT2D eigenvalue weighted by Crippen LogP contribution is -2.46. The maximum absolute atomic E-state index is 12.7. The van der Waals surface area contributed by atoms with Crippen molar-refractivity contribution in [1.29, 1.82) is 0 Å². The highest BCUT2D eigenvalue weighted by Gasteiger charge is 2.31. The molecule has 0 radical (unpaired) electrons. The summed E-state index contributed by atoms with van der Waals surface area (Å²) in [5, 5.41) is 2.79. The van der Waals surface area contributed by atoms with Gasteiger partial charge in [0, 0.05) is 25.2 Å². The summed E-state index contributed by atoms with van der Waals surface area (Å²) in [6.07, 6.45) is 3.02. The number of nitrogens with one attached hydrogen (secondary N) is 1. The average molecular weight is 288 g/mol. The third-order valence-electron chi connectivity index (χ3n) is 4.29. The Morgan fingerprint density at radius 3 is 2.95 bits per heavy atom. The molecule has 2 aliphatic rings. The minimum atomic E-state index is -0.101. The van der Waals surface area contributed by atoms with Crippen LogP contribution in [0.2, 0.25) is 0 Å². The van der Waals surface area contributed by atoms with Crippen LogP contribution < -0.4 is 15.0 Å². The van der Waals surface area contributed by atoms with Gasteiger partial charge in [0.25, 0.3) is 0 Å². The van der Waals surface area contributed by atoms with E-state index in [4.69, 9.17) is 4.74 Å². The van der Waals surface area contributed by atoms with Gasteiger partial charge >= 0.3 is 0 Å². The molecule has 1 atom stereocenters. The first-order valence-electron chi connectivity index (χ1n) is 7.44. The van der Waals surface area contributed by atoms with Crippen LogP contribution in [0.3, 0.4) is 0 Å². The lowest BCUT2D eigenvalue weighted by atomic mass is 9.94. The number of benzene rings is 1. The molecule has 2 heterocycles. The summed E-state index contributed by atoms with van der Waals surface area (Å²) in [6, 6.07) is 5.87. The number of anilines is 1. The minimum Gasteiger partial charge on any atom is -0.497 e. The molecule has 5 heteroatoms. The van der Waals surface area contributed by atoms with Gasteiger partial charge in [0.1, 0.15) is 5.75 Å². The van der Waals surface area contributed by atoms with E-state index in [2.05, 4.69) is 5.32 Å². The van der Waals surface area contributed by atoms with Crippen molar-refractivity contribution in [3.8, 4) is 5.75 Å². The fraction of sp³-hybridized carbons (Fsp3) is 0.500. The summed E-state index contributed by atoms with van der Waals surface area (Å²) in [6.45, 7) is 1.21. The van der Waals surface area contributed by atoms with Crippen molar-refractivity contribution in [2.75, 3.05) is 25.1 Å². The summed E-state index contributed by atoms with van der Waals surface area (Å²) >= 11 is 0. The van der Waals surface area contributed by atoms with Gasteiger partial charge in [-0.2, -0.15) is 0 Å². The highest BCUT2D eigenvalue weighted by Crippen LogP contribution is 2.32. The first-order valence-corrected chi connectivity index (χ1v) is 7.44. The number of ether oxygens (including phenoxy) is 1. The average Bonchev–Trinajstić information content (AvgIpc) is 2.53. The van der Waals surface area contributed by atoms with Crippen LogP contribution in [-0.2, 0) is 16.0 Å². The number of amides is 2. The van der Waals surface area contributed by atoms with E-state index in [1.807, 2.05) is 23.1 Å². The fourth-order valence-corrected chi connectivity index (χ4v) is 3.09. The van der Waals surface area contributed by atoms with Gasteiger partial charge in [-0.1, -0.05) is 0 Å². The second-order valence-corrected chi connectivity index (χ2v) is 5.63. The quantitative estimate of drug-likeness (QED) is 0.897. The van der Waals surface area contributed by atoms with E-state index in [1.54, 1.807) is 7.11 Å². The second kappa shape index (κ2) is 5.76. The number of carbonyl (C=O) groups excluding carboxylic acids is 2. The van der Waals surface area contributed by atoms with Crippen molar-refractivity contribution in [3.63, 3.8) is 0 Å². The Kier molecular flexibility index (Phi) is 3.82. The summed E-state index contributed by atoms with van der Waals surface area (Å²) in [7, 11) is 1.65. The molecule has 2 amide bonds. The van der Waals surface area contributed by atoms with Crippen molar-refractivity contribution < 1.29 is 14.3 Å². The molecule has 1 aromatic rings. The SMILES string of the molecule is COc1ccc2c(c1)CCCN2C(=O)[C@@H]1CCC(=O)NC1. The molecule has 1 N–H and O–H groups in total. The molecule has 0 aliphatic carbocycles. The Bertz CT molecular complexity index is 561. The molecule has 2 aliphatic heterocycles. The van der Waals surface area contributed by atoms with E-state index in [1.165, 1.54) is 0 Å². The van der Waals surface area contributed by atoms with Gasteiger partial charge in [0.05, 0.1) is 13.0 Å². The Morgan fingerprint density at radius 2 is 2.24 bits per heavy atom. The number of hydrogen-bond acceptors (Lipinski definition) is 3. The van der Waals surface area contributed by atoms with Gasteiger partial charge in [-0.05, 0) is 43.0 Å². The molecule has 0 unspecified atom stereocenters. The predicted molar refractivity (Wildman–Crippen MR) is 79.4 cm³/mol. The lowest BCUT2D eigenvalue weighted by molar-refractivity contribution is -0.127. The maximum Gasteiger partial charge on any atom is 0.231 e. The van der Waals surface area contributed by atoms with Gasteiger partial charge in [-0.15, -0.1) is 0 Å².